The summed E-state index contributed by atoms with van der Waals surface area (Å²) in [5.74, 6) is -70.4. The maximum atomic E-state index is 15.4. The molecule has 2 nitrogen and oxygen atoms in total. The molecule has 0 radical (unpaired) electrons. The van der Waals surface area contributed by atoms with Gasteiger partial charge in [0.05, 0.1) is 20.2 Å². The Morgan fingerprint density at radius 1 is 0.256 bits per heavy atom. The summed E-state index contributed by atoms with van der Waals surface area (Å²) < 4.78 is 300. The summed E-state index contributed by atoms with van der Waals surface area (Å²) in [4.78, 5) is 1.53. The number of halogens is 20. The standard InChI is InChI=1S/C43H81NO.C24BF20/c1-4-6-8-10-12-14-16-18-20-22-24-26-28-30-32-34-40-44(3)42-36-38-43(39-37-42)45-41-35-33-31-29-27-25-23-21-19-17-15-13-11-9-7-5-2;26-5-1(6(27)14(35)21(42)13(5)34)25(2-7(28)15(36)22(43)16(37)8(2)29,3-9(30)17(38)23(44)18(39)10(3)31)4-11(32)19(40)24(45)20(41)12(4)33/h36-39H,4-35,40-41H2,1-3H3;/q;-1/p+1. The number of quaternary nitrogens is 1. The molecule has 0 aliphatic heterocycles. The SMILES string of the molecule is CCCCCCCCCCCCCCCCCCOc1ccc([NH+](C)CCCCCCCCCCCCCCCCCC)cc1.Fc1c(F)c(F)c([B-](c2c(F)c(F)c(F)c(F)c2F)(c2c(F)c(F)c(F)c(F)c2F)c2c(F)c(F)c(F)c(F)c2F)c(F)c1F. The van der Waals surface area contributed by atoms with Gasteiger partial charge in [-0.05, 0) is 31.4 Å². The number of rotatable bonds is 40. The summed E-state index contributed by atoms with van der Waals surface area (Å²) in [6.07, 6.45) is 38.4. The van der Waals surface area contributed by atoms with Crippen molar-refractivity contribution in [2.45, 2.75) is 219 Å². The quantitative estimate of drug-likeness (QED) is 0.0136. The Morgan fingerprint density at radius 2 is 0.444 bits per heavy atom. The minimum absolute atomic E-state index is 0.861. The average molecular weight is 1310 g/mol. The van der Waals surface area contributed by atoms with Gasteiger partial charge >= 0.3 is 0 Å². The number of benzene rings is 5. The van der Waals surface area contributed by atoms with E-state index in [-0.39, 0.29) is 0 Å². The van der Waals surface area contributed by atoms with Crippen LogP contribution >= 0.6 is 0 Å². The van der Waals surface area contributed by atoms with Crippen LogP contribution in [0.1, 0.15) is 219 Å². The Balaban J connectivity index is 0.000000384. The van der Waals surface area contributed by atoms with Gasteiger partial charge in [0.15, 0.2) is 69.8 Å². The van der Waals surface area contributed by atoms with E-state index in [1.165, 1.54) is 223 Å². The molecule has 23 heteroatoms. The van der Waals surface area contributed by atoms with E-state index in [0.717, 1.165) is 12.4 Å². The van der Waals surface area contributed by atoms with E-state index in [1.54, 1.807) is 0 Å². The number of nitrogens with one attached hydrogen (secondary N) is 1. The summed E-state index contributed by atoms with van der Waals surface area (Å²) in [7, 11) is 2.32. The highest BCUT2D eigenvalue weighted by molar-refractivity contribution is 7.20. The van der Waals surface area contributed by atoms with Crippen LogP contribution in [0.3, 0.4) is 0 Å². The second-order valence-electron chi connectivity index (χ2n) is 23.3. The fourth-order valence-electron chi connectivity index (χ4n) is 11.6. The molecule has 1 atom stereocenters. The van der Waals surface area contributed by atoms with E-state index in [9.17, 15) is 52.7 Å². The molecule has 90 heavy (non-hydrogen) atoms. The van der Waals surface area contributed by atoms with Crippen molar-refractivity contribution in [3.05, 3.63) is 141 Å². The van der Waals surface area contributed by atoms with Crippen LogP contribution < -0.4 is 31.5 Å². The predicted molar refractivity (Wildman–Crippen MR) is 312 cm³/mol. The normalized spacial score (nSPS) is 12.1. The molecule has 5 aromatic rings. The second-order valence-corrected chi connectivity index (χ2v) is 23.3. The van der Waals surface area contributed by atoms with Crippen molar-refractivity contribution in [1.82, 2.24) is 0 Å². The maximum absolute atomic E-state index is 15.4. The van der Waals surface area contributed by atoms with E-state index in [2.05, 4.69) is 45.2 Å². The van der Waals surface area contributed by atoms with Gasteiger partial charge in [0, 0.05) is 12.1 Å². The third-order valence-electron chi connectivity index (χ3n) is 16.7. The summed E-state index contributed by atoms with van der Waals surface area (Å²) in [5.41, 5.74) is -12.9. The number of hydrogen-bond acceptors (Lipinski definition) is 1. The fourth-order valence-corrected chi connectivity index (χ4v) is 11.6. The lowest BCUT2D eigenvalue weighted by Crippen LogP contribution is -3.03. The van der Waals surface area contributed by atoms with Crippen LogP contribution in [0.25, 0.3) is 0 Å². The van der Waals surface area contributed by atoms with Gasteiger partial charge < -0.3 is 9.64 Å². The van der Waals surface area contributed by atoms with Crippen molar-refractivity contribution in [3.8, 4) is 5.75 Å². The molecule has 5 aromatic carbocycles. The predicted octanol–water partition coefficient (Wildman–Crippen LogP) is 19.6. The largest absolute Gasteiger partial charge is 0.494 e. The first-order chi connectivity index (χ1) is 43.0. The molecule has 0 bridgehead atoms. The van der Waals surface area contributed by atoms with E-state index in [1.807, 2.05) is 0 Å². The average Bonchev–Trinajstić information content (AvgIpc) is 0.684. The van der Waals surface area contributed by atoms with Crippen LogP contribution in [-0.2, 0) is 0 Å². The van der Waals surface area contributed by atoms with Crippen molar-refractivity contribution < 1.29 is 97.4 Å². The Kier molecular flexibility index (Phi) is 33.5. The van der Waals surface area contributed by atoms with E-state index >= 15 is 35.1 Å². The topological polar surface area (TPSA) is 13.7 Å². The molecule has 0 saturated heterocycles. The van der Waals surface area contributed by atoms with Gasteiger partial charge in [-0.3, -0.25) is 0 Å². The van der Waals surface area contributed by atoms with Crippen LogP contribution in [0.15, 0.2) is 24.3 Å². The molecule has 0 spiro atoms. The van der Waals surface area contributed by atoms with Crippen LogP contribution in [0.2, 0.25) is 0 Å². The third-order valence-corrected chi connectivity index (χ3v) is 16.7. The lowest BCUT2D eigenvalue weighted by Gasteiger charge is -2.44. The Morgan fingerprint density at radius 3 is 0.667 bits per heavy atom. The Labute approximate surface area is 515 Å². The highest BCUT2D eigenvalue weighted by Gasteiger charge is 2.52. The Bertz CT molecular complexity index is 2630. The minimum atomic E-state index is -7.22. The number of unbranched alkanes of at least 4 members (excludes halogenated alkanes) is 30. The minimum Gasteiger partial charge on any atom is -0.494 e. The van der Waals surface area contributed by atoms with Gasteiger partial charge in [-0.25, -0.2) is 87.8 Å². The van der Waals surface area contributed by atoms with Crippen molar-refractivity contribution in [2.75, 3.05) is 20.2 Å². The van der Waals surface area contributed by atoms with Gasteiger partial charge in [-0.1, -0.05) is 200 Å². The maximum Gasteiger partial charge on any atom is 0.200 e. The number of hydrogen-bond donors (Lipinski definition) is 1. The van der Waals surface area contributed by atoms with Gasteiger partial charge in [0.25, 0.3) is 0 Å². The molecule has 0 aromatic heterocycles. The smallest absolute Gasteiger partial charge is 0.200 e. The van der Waals surface area contributed by atoms with E-state index < -0.39 is 144 Å². The van der Waals surface area contributed by atoms with E-state index in [0.29, 0.717) is 0 Å². The van der Waals surface area contributed by atoms with Crippen molar-refractivity contribution in [2.24, 2.45) is 0 Å². The molecular weight excluding hydrogens is 1230 g/mol. The zero-order valence-corrected chi connectivity index (χ0v) is 51.4. The first-order valence-corrected chi connectivity index (χ1v) is 31.8. The molecule has 1 unspecified atom stereocenters. The summed E-state index contributed by atoms with van der Waals surface area (Å²) in [6.45, 7) is 6.70. The lowest BCUT2D eigenvalue weighted by molar-refractivity contribution is -0.810. The molecule has 0 aliphatic rings. The molecule has 0 fully saturated rings. The molecule has 5 rings (SSSR count). The monoisotopic (exact) mass is 1310 g/mol. The van der Waals surface area contributed by atoms with Crippen LogP contribution in [-0.4, -0.2) is 26.3 Å². The van der Waals surface area contributed by atoms with Crippen LogP contribution in [0, 0.1) is 116 Å². The van der Waals surface area contributed by atoms with Gasteiger partial charge in [-0.2, -0.15) is 0 Å². The summed E-state index contributed by atoms with van der Waals surface area (Å²) >= 11 is 0. The lowest BCUT2D eigenvalue weighted by atomic mass is 9.12. The second kappa shape index (κ2) is 39.2. The molecule has 504 valence electrons. The summed E-state index contributed by atoms with van der Waals surface area (Å²) in [5, 5.41) is 0. The van der Waals surface area contributed by atoms with Gasteiger partial charge in [0.1, 0.15) is 64.1 Å². The molecule has 0 amide bonds. The highest BCUT2D eigenvalue weighted by atomic mass is 19.2. The van der Waals surface area contributed by atoms with Gasteiger partial charge in [-0.15, -0.1) is 21.9 Å². The number of ether oxygens (including phenoxy) is 1. The molecule has 0 aliphatic carbocycles. The van der Waals surface area contributed by atoms with Crippen LogP contribution in [0.5, 0.6) is 5.75 Å². The van der Waals surface area contributed by atoms with E-state index in [4.69, 9.17) is 4.74 Å². The van der Waals surface area contributed by atoms with Crippen molar-refractivity contribution >= 4 is 33.7 Å². The van der Waals surface area contributed by atoms with Gasteiger partial charge in [0.2, 0.25) is 0 Å². The molecule has 1 N–H and O–H groups in total. The van der Waals surface area contributed by atoms with Crippen molar-refractivity contribution in [1.29, 1.82) is 0 Å². The zero-order valence-electron chi connectivity index (χ0n) is 51.4. The zero-order chi connectivity index (χ0) is 66.7. The third kappa shape index (κ3) is 20.0. The summed E-state index contributed by atoms with van der Waals surface area (Å²) in [6, 6.07) is 8.90. The van der Waals surface area contributed by atoms with Crippen LogP contribution in [0.4, 0.5) is 93.5 Å². The highest BCUT2D eigenvalue weighted by Crippen LogP contribution is 2.31. The molecule has 0 heterocycles. The van der Waals surface area contributed by atoms with Crippen molar-refractivity contribution in [3.63, 3.8) is 0 Å². The fraction of sp³-hybridized carbons (Fsp3) is 0.552. The molecule has 0 saturated carbocycles. The Hall–Kier alpha value is -5.48. The first kappa shape index (κ1) is 77.0. The molecular formula is C67H82BF20NO. The first-order valence-electron chi connectivity index (χ1n) is 31.8.